The van der Waals surface area contributed by atoms with Crippen molar-refractivity contribution in [3.05, 3.63) is 0 Å². The Morgan fingerprint density at radius 1 is 1.33 bits per heavy atom. The maximum atomic E-state index is 3.61. The predicted molar refractivity (Wildman–Crippen MR) is 65.9 cm³/mol. The van der Waals surface area contributed by atoms with Gasteiger partial charge in [0.2, 0.25) is 0 Å². The van der Waals surface area contributed by atoms with Crippen LogP contribution in [0.1, 0.15) is 52.9 Å². The van der Waals surface area contributed by atoms with Gasteiger partial charge in [0, 0.05) is 0 Å². The van der Waals surface area contributed by atoms with Crippen LogP contribution in [0.5, 0.6) is 0 Å². The first-order valence-corrected chi connectivity index (χ1v) is 6.83. The largest absolute Gasteiger partial charge is 0.316 e. The number of hydrogen-bond acceptors (Lipinski definition) is 1. The van der Waals surface area contributed by atoms with Crippen molar-refractivity contribution >= 4 is 0 Å². The molecule has 1 saturated carbocycles. The molecular formula is C14H27N. The van der Waals surface area contributed by atoms with Crippen molar-refractivity contribution in [1.82, 2.24) is 5.32 Å². The molecule has 2 fully saturated rings. The lowest BCUT2D eigenvalue weighted by Crippen LogP contribution is -2.44. The van der Waals surface area contributed by atoms with Crippen LogP contribution in [0.2, 0.25) is 0 Å². The minimum atomic E-state index is 0.731. The van der Waals surface area contributed by atoms with Gasteiger partial charge in [-0.2, -0.15) is 0 Å². The standard InChI is InChI=1S/C14H27N/c1-11(2)8-13-10-15-7-6-14(13)5-4-12(3)9-14/h11-13,15H,4-10H2,1-3H3. The molecule has 1 heteroatoms. The summed E-state index contributed by atoms with van der Waals surface area (Å²) in [5.41, 5.74) is 0.731. The lowest BCUT2D eigenvalue weighted by atomic mass is 9.66. The maximum absolute atomic E-state index is 3.61. The van der Waals surface area contributed by atoms with Gasteiger partial charge < -0.3 is 5.32 Å². The van der Waals surface area contributed by atoms with Crippen LogP contribution in [0, 0.1) is 23.2 Å². The Bertz CT molecular complexity index is 207. The van der Waals surface area contributed by atoms with E-state index < -0.39 is 0 Å². The summed E-state index contributed by atoms with van der Waals surface area (Å²) in [6.07, 6.45) is 7.36. The Balaban J connectivity index is 2.05. The Morgan fingerprint density at radius 3 is 2.73 bits per heavy atom. The summed E-state index contributed by atoms with van der Waals surface area (Å²) in [5.74, 6) is 2.80. The Labute approximate surface area is 95.0 Å². The smallest absolute Gasteiger partial charge is 0.00151 e. The lowest BCUT2D eigenvalue weighted by Gasteiger charge is -2.43. The van der Waals surface area contributed by atoms with E-state index in [1.54, 1.807) is 0 Å². The van der Waals surface area contributed by atoms with E-state index in [9.17, 15) is 0 Å². The molecule has 2 aliphatic rings. The molecule has 3 atom stereocenters. The zero-order valence-electron chi connectivity index (χ0n) is 10.7. The molecule has 0 bridgehead atoms. The fourth-order valence-corrected chi connectivity index (χ4v) is 3.97. The molecule has 3 unspecified atom stereocenters. The van der Waals surface area contributed by atoms with E-state index in [2.05, 4.69) is 26.1 Å². The quantitative estimate of drug-likeness (QED) is 0.734. The van der Waals surface area contributed by atoms with Crippen LogP contribution in [0.15, 0.2) is 0 Å². The van der Waals surface area contributed by atoms with Crippen molar-refractivity contribution in [2.75, 3.05) is 13.1 Å². The molecule has 2 rings (SSSR count). The third-order valence-electron chi connectivity index (χ3n) is 4.70. The Kier molecular flexibility index (Phi) is 3.39. The van der Waals surface area contributed by atoms with Crippen LogP contribution < -0.4 is 5.32 Å². The molecular weight excluding hydrogens is 182 g/mol. The van der Waals surface area contributed by atoms with Crippen molar-refractivity contribution < 1.29 is 0 Å². The summed E-state index contributed by atoms with van der Waals surface area (Å²) in [6, 6.07) is 0. The monoisotopic (exact) mass is 209 g/mol. The van der Waals surface area contributed by atoms with Gasteiger partial charge in [-0.25, -0.2) is 0 Å². The number of rotatable bonds is 2. The molecule has 15 heavy (non-hydrogen) atoms. The van der Waals surface area contributed by atoms with Gasteiger partial charge in [0.1, 0.15) is 0 Å². The van der Waals surface area contributed by atoms with Crippen LogP contribution >= 0.6 is 0 Å². The van der Waals surface area contributed by atoms with E-state index in [1.807, 2.05) is 0 Å². The molecule has 88 valence electrons. The molecule has 0 aromatic carbocycles. The highest BCUT2D eigenvalue weighted by Crippen LogP contribution is 2.52. The van der Waals surface area contributed by atoms with Crippen molar-refractivity contribution in [1.29, 1.82) is 0 Å². The Hall–Kier alpha value is -0.0400. The van der Waals surface area contributed by atoms with E-state index in [0.29, 0.717) is 0 Å². The summed E-state index contributed by atoms with van der Waals surface area (Å²) in [7, 11) is 0. The first-order valence-electron chi connectivity index (χ1n) is 6.83. The van der Waals surface area contributed by atoms with Crippen molar-refractivity contribution in [3.8, 4) is 0 Å². The minimum Gasteiger partial charge on any atom is -0.316 e. The second-order valence-corrected chi connectivity index (χ2v) is 6.49. The minimum absolute atomic E-state index is 0.731. The molecule has 1 saturated heterocycles. The third kappa shape index (κ3) is 2.38. The summed E-state index contributed by atoms with van der Waals surface area (Å²) in [5, 5.41) is 3.61. The molecule has 1 nitrogen and oxygen atoms in total. The summed E-state index contributed by atoms with van der Waals surface area (Å²) < 4.78 is 0. The van der Waals surface area contributed by atoms with Crippen molar-refractivity contribution in [2.45, 2.75) is 52.9 Å². The van der Waals surface area contributed by atoms with E-state index in [0.717, 1.165) is 23.2 Å². The summed E-state index contributed by atoms with van der Waals surface area (Å²) >= 11 is 0. The van der Waals surface area contributed by atoms with Gasteiger partial charge in [-0.1, -0.05) is 27.2 Å². The van der Waals surface area contributed by atoms with Crippen LogP contribution in [-0.4, -0.2) is 13.1 Å². The van der Waals surface area contributed by atoms with Gasteiger partial charge >= 0.3 is 0 Å². The number of hydrogen-bond donors (Lipinski definition) is 1. The number of piperidine rings is 1. The van der Waals surface area contributed by atoms with Gasteiger partial charge in [-0.3, -0.25) is 0 Å². The van der Waals surface area contributed by atoms with Crippen LogP contribution in [0.3, 0.4) is 0 Å². The van der Waals surface area contributed by atoms with E-state index >= 15 is 0 Å². The van der Waals surface area contributed by atoms with E-state index in [4.69, 9.17) is 0 Å². The highest BCUT2D eigenvalue weighted by molar-refractivity contribution is 4.96. The highest BCUT2D eigenvalue weighted by atomic mass is 14.9. The molecule has 0 aromatic rings. The van der Waals surface area contributed by atoms with Crippen LogP contribution in [0.4, 0.5) is 0 Å². The molecule has 1 spiro atoms. The molecule has 1 heterocycles. The van der Waals surface area contributed by atoms with Crippen molar-refractivity contribution in [2.24, 2.45) is 23.2 Å². The molecule has 1 aliphatic carbocycles. The topological polar surface area (TPSA) is 12.0 Å². The predicted octanol–water partition coefficient (Wildman–Crippen LogP) is 3.45. The first-order chi connectivity index (χ1) is 7.12. The Morgan fingerprint density at radius 2 is 2.13 bits per heavy atom. The normalized spacial score (nSPS) is 41.6. The van der Waals surface area contributed by atoms with Crippen molar-refractivity contribution in [3.63, 3.8) is 0 Å². The highest BCUT2D eigenvalue weighted by Gasteiger charge is 2.44. The second kappa shape index (κ2) is 4.45. The van der Waals surface area contributed by atoms with E-state index in [1.165, 1.54) is 45.2 Å². The zero-order valence-corrected chi connectivity index (χ0v) is 10.7. The lowest BCUT2D eigenvalue weighted by molar-refractivity contribution is 0.0922. The fourth-order valence-electron chi connectivity index (χ4n) is 3.97. The maximum Gasteiger partial charge on any atom is -0.00151 e. The van der Waals surface area contributed by atoms with Gasteiger partial charge in [0.25, 0.3) is 0 Å². The zero-order chi connectivity index (χ0) is 10.9. The average molecular weight is 209 g/mol. The SMILES string of the molecule is CC(C)CC1CNCCC12CCC(C)C2. The van der Waals surface area contributed by atoms with Gasteiger partial charge in [-0.05, 0) is 61.9 Å². The van der Waals surface area contributed by atoms with Crippen LogP contribution in [-0.2, 0) is 0 Å². The first kappa shape index (κ1) is 11.4. The average Bonchev–Trinajstić information content (AvgIpc) is 2.52. The summed E-state index contributed by atoms with van der Waals surface area (Å²) in [6.45, 7) is 9.75. The fraction of sp³-hybridized carbons (Fsp3) is 1.00. The number of nitrogens with one attached hydrogen (secondary N) is 1. The molecule has 0 radical (unpaired) electrons. The second-order valence-electron chi connectivity index (χ2n) is 6.49. The molecule has 0 amide bonds. The summed E-state index contributed by atoms with van der Waals surface area (Å²) in [4.78, 5) is 0. The van der Waals surface area contributed by atoms with Gasteiger partial charge in [0.05, 0.1) is 0 Å². The molecule has 0 aromatic heterocycles. The van der Waals surface area contributed by atoms with Gasteiger partial charge in [0.15, 0.2) is 0 Å². The van der Waals surface area contributed by atoms with Gasteiger partial charge in [-0.15, -0.1) is 0 Å². The van der Waals surface area contributed by atoms with E-state index in [-0.39, 0.29) is 0 Å². The molecule has 1 aliphatic heterocycles. The van der Waals surface area contributed by atoms with Crippen LogP contribution in [0.25, 0.3) is 0 Å². The third-order valence-corrected chi connectivity index (χ3v) is 4.70. The molecule has 1 N–H and O–H groups in total.